The molecule has 2 saturated carbocycles. The molecule has 0 bridgehead atoms. The first-order valence-corrected chi connectivity index (χ1v) is 9.79. The number of nitriles is 2. The van der Waals surface area contributed by atoms with Gasteiger partial charge in [-0.2, -0.15) is 10.5 Å². The average Bonchev–Trinajstić information content (AvgIpc) is 2.72. The van der Waals surface area contributed by atoms with E-state index >= 15 is 0 Å². The molecular weight excluding hydrogens is 332 g/mol. The fourth-order valence-electron chi connectivity index (χ4n) is 5.41. The van der Waals surface area contributed by atoms with Crippen molar-refractivity contribution in [2.45, 2.75) is 50.2 Å². The molecule has 2 fully saturated rings. The molecule has 27 heavy (non-hydrogen) atoms. The second kappa shape index (κ2) is 6.84. The van der Waals surface area contributed by atoms with Gasteiger partial charge in [-0.3, -0.25) is 0 Å². The molecule has 4 rings (SSSR count). The van der Waals surface area contributed by atoms with Crippen LogP contribution in [0.25, 0.3) is 0 Å². The number of hydrogen-bond acceptors (Lipinski definition) is 3. The molecule has 136 valence electrons. The molecule has 0 aromatic heterocycles. The molecular formula is C24H24N2O. The third kappa shape index (κ3) is 2.50. The van der Waals surface area contributed by atoms with Crippen LogP contribution in [0.4, 0.5) is 0 Å². The van der Waals surface area contributed by atoms with Crippen molar-refractivity contribution >= 4 is 0 Å². The molecule has 3 heteroatoms. The van der Waals surface area contributed by atoms with Crippen LogP contribution in [0.1, 0.15) is 55.8 Å². The minimum Gasteiger partial charge on any atom is -0.364 e. The molecule has 0 heterocycles. The van der Waals surface area contributed by atoms with Crippen molar-refractivity contribution in [3.8, 4) is 12.1 Å². The Hall–Kier alpha value is -2.62. The number of nitrogens with zero attached hydrogens (tertiary/aromatic N) is 2. The van der Waals surface area contributed by atoms with E-state index in [0.29, 0.717) is 0 Å². The number of fused-ring (bicyclic) bond motifs is 1. The summed E-state index contributed by atoms with van der Waals surface area (Å²) in [5, 5.41) is 20.4. The molecule has 0 N–H and O–H groups in total. The van der Waals surface area contributed by atoms with Crippen LogP contribution in [0.5, 0.6) is 0 Å². The van der Waals surface area contributed by atoms with Crippen LogP contribution in [-0.4, -0.2) is 5.60 Å². The van der Waals surface area contributed by atoms with Gasteiger partial charge in [0.1, 0.15) is 5.60 Å². The van der Waals surface area contributed by atoms with Crippen molar-refractivity contribution in [1.29, 1.82) is 10.5 Å². The maximum absolute atomic E-state index is 10.2. The second-order valence-electron chi connectivity index (χ2n) is 7.83. The first kappa shape index (κ1) is 17.8. The monoisotopic (exact) mass is 356 g/mol. The molecule has 0 unspecified atom stereocenters. The molecule has 2 aliphatic rings. The zero-order chi connectivity index (χ0) is 18.9. The fraction of sp³-hybridized carbons (Fsp3) is 0.417. The number of ether oxygens (including phenoxy) is 1. The maximum Gasteiger partial charge on any atom is 0.179 e. The van der Waals surface area contributed by atoms with Crippen molar-refractivity contribution in [3.63, 3.8) is 0 Å². The second-order valence-corrected chi connectivity index (χ2v) is 7.83. The van der Waals surface area contributed by atoms with E-state index in [1.54, 1.807) is 0 Å². The van der Waals surface area contributed by atoms with E-state index in [2.05, 4.69) is 12.1 Å². The van der Waals surface area contributed by atoms with E-state index in [0.717, 1.165) is 36.8 Å². The van der Waals surface area contributed by atoms with E-state index in [-0.39, 0.29) is 17.9 Å². The minimum absolute atomic E-state index is 0.0861. The standard InChI is InChI=1S/C24H24N2O/c1-18(19-10-4-2-5-11-19)27-24-15-9-8-14-21(24)22(23(24,16-25)17-26)20-12-6-3-7-13-20/h2-7,10-13,18,21-22H,8-9,14-15H2,1H3/t18-,21+,22-,24+/m0/s1. The number of hydrogen-bond donors (Lipinski definition) is 0. The zero-order valence-electron chi connectivity index (χ0n) is 15.6. The largest absolute Gasteiger partial charge is 0.364 e. The van der Waals surface area contributed by atoms with Gasteiger partial charge >= 0.3 is 0 Å². The average molecular weight is 356 g/mol. The van der Waals surface area contributed by atoms with Crippen LogP contribution in [0.3, 0.4) is 0 Å². The summed E-state index contributed by atoms with van der Waals surface area (Å²) in [4.78, 5) is 0. The lowest BCUT2D eigenvalue weighted by Gasteiger charge is -2.65. The Morgan fingerprint density at radius 1 is 0.963 bits per heavy atom. The summed E-state index contributed by atoms with van der Waals surface area (Å²) in [5.74, 6) is 0.121. The molecule has 0 aliphatic heterocycles. The van der Waals surface area contributed by atoms with Gasteiger partial charge in [-0.15, -0.1) is 0 Å². The highest BCUT2D eigenvalue weighted by molar-refractivity contribution is 5.45. The van der Waals surface area contributed by atoms with Gasteiger partial charge < -0.3 is 4.74 Å². The van der Waals surface area contributed by atoms with E-state index in [1.165, 1.54) is 0 Å². The van der Waals surface area contributed by atoms with E-state index in [1.807, 2.05) is 67.6 Å². The SMILES string of the molecule is C[C@H](O[C@]12CCCC[C@@H]1[C@H](c1ccccc1)C2(C#N)C#N)c1ccccc1. The lowest BCUT2D eigenvalue weighted by molar-refractivity contribution is -0.256. The minimum atomic E-state index is -1.14. The maximum atomic E-state index is 10.2. The molecule has 0 saturated heterocycles. The van der Waals surface area contributed by atoms with Crippen molar-refractivity contribution in [2.75, 3.05) is 0 Å². The normalized spacial score (nSPS) is 29.4. The Bertz CT molecular complexity index is 866. The number of benzene rings is 2. The van der Waals surface area contributed by atoms with Crippen LogP contribution in [-0.2, 0) is 4.74 Å². The quantitative estimate of drug-likeness (QED) is 0.724. The summed E-state index contributed by atoms with van der Waals surface area (Å²) >= 11 is 0. The van der Waals surface area contributed by atoms with Gasteiger partial charge in [0, 0.05) is 11.8 Å². The van der Waals surface area contributed by atoms with Gasteiger partial charge in [-0.25, -0.2) is 0 Å². The lowest BCUT2D eigenvalue weighted by Crippen LogP contribution is -2.70. The van der Waals surface area contributed by atoms with Gasteiger partial charge in [0.05, 0.1) is 18.2 Å². The Balaban J connectivity index is 1.75. The topological polar surface area (TPSA) is 56.8 Å². The van der Waals surface area contributed by atoms with E-state index in [9.17, 15) is 10.5 Å². The molecule has 2 aromatic rings. The molecule has 2 aromatic carbocycles. The van der Waals surface area contributed by atoms with Crippen molar-refractivity contribution < 1.29 is 4.74 Å². The number of rotatable bonds is 4. The molecule has 3 nitrogen and oxygen atoms in total. The molecule has 4 atom stereocenters. The highest BCUT2D eigenvalue weighted by atomic mass is 16.5. The van der Waals surface area contributed by atoms with Crippen LogP contribution in [0, 0.1) is 34.0 Å². The smallest absolute Gasteiger partial charge is 0.179 e. The van der Waals surface area contributed by atoms with Gasteiger partial charge in [0.2, 0.25) is 0 Å². The van der Waals surface area contributed by atoms with Crippen LogP contribution >= 0.6 is 0 Å². The molecule has 2 aliphatic carbocycles. The summed E-state index contributed by atoms with van der Waals surface area (Å²) in [6.45, 7) is 2.03. The molecule has 0 radical (unpaired) electrons. The van der Waals surface area contributed by atoms with Crippen LogP contribution in [0.15, 0.2) is 60.7 Å². The third-order valence-electron chi connectivity index (χ3n) is 6.62. The Morgan fingerprint density at radius 3 is 2.22 bits per heavy atom. The Labute approximate surface area is 161 Å². The van der Waals surface area contributed by atoms with Crippen LogP contribution < -0.4 is 0 Å². The third-order valence-corrected chi connectivity index (χ3v) is 6.62. The molecule has 0 amide bonds. The highest BCUT2D eigenvalue weighted by Gasteiger charge is 2.75. The predicted molar refractivity (Wildman–Crippen MR) is 103 cm³/mol. The highest BCUT2D eigenvalue weighted by Crippen LogP contribution is 2.70. The summed E-state index contributed by atoms with van der Waals surface area (Å²) in [6, 6.07) is 25.0. The van der Waals surface area contributed by atoms with E-state index in [4.69, 9.17) is 4.74 Å². The van der Waals surface area contributed by atoms with Crippen molar-refractivity contribution in [2.24, 2.45) is 11.3 Å². The Kier molecular flexibility index (Phi) is 4.50. The van der Waals surface area contributed by atoms with Crippen molar-refractivity contribution in [3.05, 3.63) is 71.8 Å². The predicted octanol–water partition coefficient (Wildman–Crippen LogP) is 5.52. The van der Waals surface area contributed by atoms with Gasteiger partial charge in [0.15, 0.2) is 5.41 Å². The summed E-state index contributed by atoms with van der Waals surface area (Å²) in [6.07, 6.45) is 3.77. The van der Waals surface area contributed by atoms with Gasteiger partial charge in [-0.05, 0) is 30.9 Å². The first-order valence-electron chi connectivity index (χ1n) is 9.79. The summed E-state index contributed by atoms with van der Waals surface area (Å²) in [5.41, 5.74) is 0.343. The van der Waals surface area contributed by atoms with E-state index < -0.39 is 11.0 Å². The first-order chi connectivity index (χ1) is 13.2. The zero-order valence-corrected chi connectivity index (χ0v) is 15.6. The lowest BCUT2D eigenvalue weighted by atomic mass is 9.39. The van der Waals surface area contributed by atoms with Gasteiger partial charge in [0.25, 0.3) is 0 Å². The van der Waals surface area contributed by atoms with Crippen LogP contribution in [0.2, 0.25) is 0 Å². The summed E-state index contributed by atoms with van der Waals surface area (Å²) < 4.78 is 6.67. The Morgan fingerprint density at radius 2 is 1.59 bits per heavy atom. The van der Waals surface area contributed by atoms with Crippen molar-refractivity contribution in [1.82, 2.24) is 0 Å². The summed E-state index contributed by atoms with van der Waals surface area (Å²) in [7, 11) is 0. The molecule has 0 spiro atoms. The fourth-order valence-corrected chi connectivity index (χ4v) is 5.41. The van der Waals surface area contributed by atoms with Gasteiger partial charge in [-0.1, -0.05) is 73.5 Å².